The molecule has 1 aliphatic heterocycles. The summed E-state index contributed by atoms with van der Waals surface area (Å²) in [5.41, 5.74) is 8.43. The molecule has 0 spiro atoms. The molecule has 0 bridgehead atoms. The Morgan fingerprint density at radius 2 is 1.53 bits per heavy atom. The standard InChI is InChI=1S/C34H42N2O13/c1-18-13-25(14-19(2)29(18)47-22(5)39)32(41)36-16-27(46-21(4)38)30(48-23(6)40)31-28(35)26(45-20(3)37)15-34(49-31,33(42)43-7)44-17-24-11-9-8-10-12-24/h8-14,26-28,30-31H,15-17,35H2,1-7H3,(H,36,41)/t26?,27-,28-,30-,31-,34-/m1/s1. The Labute approximate surface area is 283 Å². The number of aryl methyl sites for hydroxylation is 2. The van der Waals surface area contributed by atoms with Crippen molar-refractivity contribution in [2.45, 2.75) is 90.8 Å². The third-order valence-corrected chi connectivity index (χ3v) is 7.48. The van der Waals surface area contributed by atoms with Crippen LogP contribution in [0.3, 0.4) is 0 Å². The lowest BCUT2D eigenvalue weighted by molar-refractivity contribution is -0.315. The highest BCUT2D eigenvalue weighted by atomic mass is 16.7. The van der Waals surface area contributed by atoms with Gasteiger partial charge in [-0.1, -0.05) is 30.3 Å². The Balaban J connectivity index is 2.02. The Morgan fingerprint density at radius 1 is 0.918 bits per heavy atom. The Bertz CT molecular complexity index is 1520. The first-order chi connectivity index (χ1) is 23.1. The lowest BCUT2D eigenvalue weighted by atomic mass is 9.88. The zero-order chi connectivity index (χ0) is 36.5. The molecule has 15 nitrogen and oxygen atoms in total. The van der Waals surface area contributed by atoms with Crippen LogP contribution in [0.25, 0.3) is 0 Å². The Hall–Kier alpha value is -4.86. The molecular weight excluding hydrogens is 644 g/mol. The van der Waals surface area contributed by atoms with E-state index in [9.17, 15) is 28.8 Å². The van der Waals surface area contributed by atoms with Gasteiger partial charge in [-0.15, -0.1) is 0 Å². The van der Waals surface area contributed by atoms with Crippen molar-refractivity contribution in [1.29, 1.82) is 0 Å². The Morgan fingerprint density at radius 3 is 2.06 bits per heavy atom. The van der Waals surface area contributed by atoms with Crippen molar-refractivity contribution < 1.29 is 61.9 Å². The second-order valence-electron chi connectivity index (χ2n) is 11.5. The van der Waals surface area contributed by atoms with Crippen molar-refractivity contribution in [1.82, 2.24) is 5.32 Å². The SMILES string of the molecule is COC(=O)[C@@]1(OCc2ccccc2)CC(OC(C)=O)[C@@H](N)[C@H]([C@H](OC(C)=O)[C@@H](CNC(=O)c2cc(C)c(OC(C)=O)c(C)c2)OC(C)=O)O1. The molecule has 1 aliphatic rings. The van der Waals surface area contributed by atoms with Gasteiger partial charge in [-0.25, -0.2) is 4.79 Å². The van der Waals surface area contributed by atoms with Crippen molar-refractivity contribution in [3.05, 3.63) is 64.7 Å². The van der Waals surface area contributed by atoms with Crippen molar-refractivity contribution in [2.24, 2.45) is 5.73 Å². The summed E-state index contributed by atoms with van der Waals surface area (Å²) in [7, 11) is 1.10. The van der Waals surface area contributed by atoms with Crippen LogP contribution >= 0.6 is 0 Å². The second kappa shape index (κ2) is 17.0. The molecule has 1 fully saturated rings. The minimum Gasteiger partial charge on any atom is -0.465 e. The second-order valence-corrected chi connectivity index (χ2v) is 11.5. The number of benzene rings is 2. The molecule has 0 radical (unpaired) electrons. The van der Waals surface area contributed by atoms with Gasteiger partial charge in [0.25, 0.3) is 11.7 Å². The van der Waals surface area contributed by atoms with Crippen LogP contribution in [0.15, 0.2) is 42.5 Å². The number of ether oxygens (including phenoxy) is 7. The molecule has 6 atom stereocenters. The average molecular weight is 687 g/mol. The zero-order valence-corrected chi connectivity index (χ0v) is 28.4. The van der Waals surface area contributed by atoms with Crippen LogP contribution in [0.1, 0.15) is 61.2 Å². The van der Waals surface area contributed by atoms with Crippen LogP contribution in [0.5, 0.6) is 5.75 Å². The predicted molar refractivity (Wildman–Crippen MR) is 170 cm³/mol. The average Bonchev–Trinajstić information content (AvgIpc) is 3.03. The van der Waals surface area contributed by atoms with E-state index in [4.69, 9.17) is 38.9 Å². The smallest absolute Gasteiger partial charge is 0.366 e. The maximum absolute atomic E-state index is 13.4. The van der Waals surface area contributed by atoms with Crippen molar-refractivity contribution in [3.8, 4) is 5.75 Å². The number of carbonyl (C=O) groups excluding carboxylic acids is 6. The summed E-state index contributed by atoms with van der Waals surface area (Å²) < 4.78 is 39.1. The molecule has 1 unspecified atom stereocenters. The van der Waals surface area contributed by atoms with Crippen LogP contribution in [-0.2, 0) is 59.0 Å². The lowest BCUT2D eigenvalue weighted by Crippen LogP contribution is -2.68. The molecule has 1 amide bonds. The molecule has 0 saturated carbocycles. The number of hydrogen-bond acceptors (Lipinski definition) is 14. The first kappa shape index (κ1) is 38.6. The van der Waals surface area contributed by atoms with Gasteiger partial charge in [-0.2, -0.15) is 0 Å². The first-order valence-corrected chi connectivity index (χ1v) is 15.4. The summed E-state index contributed by atoms with van der Waals surface area (Å²) in [5.74, 6) is -6.45. The number of rotatable bonds is 13. The number of nitrogens with one attached hydrogen (secondary N) is 1. The summed E-state index contributed by atoms with van der Waals surface area (Å²) in [6.45, 7) is 7.34. The molecular formula is C34H42N2O13. The van der Waals surface area contributed by atoms with Gasteiger partial charge in [0.05, 0.1) is 32.7 Å². The van der Waals surface area contributed by atoms with E-state index in [0.29, 0.717) is 22.4 Å². The van der Waals surface area contributed by atoms with Crippen molar-refractivity contribution in [2.75, 3.05) is 13.7 Å². The van der Waals surface area contributed by atoms with Crippen molar-refractivity contribution in [3.63, 3.8) is 0 Å². The summed E-state index contributed by atoms with van der Waals surface area (Å²) in [6, 6.07) is 10.5. The third-order valence-electron chi connectivity index (χ3n) is 7.48. The number of amides is 1. The van der Waals surface area contributed by atoms with E-state index in [0.717, 1.165) is 27.9 Å². The third kappa shape index (κ3) is 10.3. The summed E-state index contributed by atoms with van der Waals surface area (Å²) in [6.07, 6.45) is -6.17. The van der Waals surface area contributed by atoms with Crippen molar-refractivity contribution >= 4 is 35.8 Å². The normalized spacial score (nSPS) is 21.3. The van der Waals surface area contributed by atoms with E-state index in [1.807, 2.05) is 0 Å². The lowest BCUT2D eigenvalue weighted by Gasteiger charge is -2.47. The maximum atomic E-state index is 13.4. The highest BCUT2D eigenvalue weighted by Crippen LogP contribution is 2.37. The molecule has 2 aromatic carbocycles. The zero-order valence-electron chi connectivity index (χ0n) is 28.4. The minimum absolute atomic E-state index is 0.151. The number of esters is 5. The molecule has 266 valence electrons. The van der Waals surface area contributed by atoms with Gasteiger partial charge in [0.1, 0.15) is 18.0 Å². The van der Waals surface area contributed by atoms with Gasteiger partial charge in [0, 0.05) is 33.3 Å². The maximum Gasteiger partial charge on any atom is 0.366 e. The van der Waals surface area contributed by atoms with Crippen LogP contribution in [0.2, 0.25) is 0 Å². The molecule has 0 aromatic heterocycles. The number of nitrogens with two attached hydrogens (primary N) is 1. The summed E-state index contributed by atoms with van der Waals surface area (Å²) >= 11 is 0. The highest BCUT2D eigenvalue weighted by Gasteiger charge is 2.58. The van der Waals surface area contributed by atoms with Gasteiger partial charge in [-0.05, 0) is 42.7 Å². The van der Waals surface area contributed by atoms with Gasteiger partial charge >= 0.3 is 29.8 Å². The molecule has 1 heterocycles. The fourth-order valence-electron chi connectivity index (χ4n) is 5.46. The van der Waals surface area contributed by atoms with E-state index in [1.165, 1.54) is 19.1 Å². The number of methoxy groups -OCH3 is 1. The van der Waals surface area contributed by atoms with Crippen LogP contribution < -0.4 is 15.8 Å². The molecule has 3 N–H and O–H groups in total. The van der Waals surface area contributed by atoms with Gasteiger partial charge in [0.2, 0.25) is 0 Å². The molecule has 0 aliphatic carbocycles. The molecule has 1 saturated heterocycles. The Kier molecular flexibility index (Phi) is 13.4. The van der Waals surface area contributed by atoms with Gasteiger partial charge < -0.3 is 44.2 Å². The van der Waals surface area contributed by atoms with Gasteiger partial charge in [0.15, 0.2) is 12.2 Å². The predicted octanol–water partition coefficient (Wildman–Crippen LogP) is 1.96. The molecule has 49 heavy (non-hydrogen) atoms. The number of hydrogen-bond donors (Lipinski definition) is 2. The quantitative estimate of drug-likeness (QED) is 0.176. The fraction of sp³-hybridized carbons (Fsp3) is 0.471. The highest BCUT2D eigenvalue weighted by molar-refractivity contribution is 5.95. The molecule has 15 heteroatoms. The molecule has 3 rings (SSSR count). The van der Waals surface area contributed by atoms with E-state index < -0.39 is 85.0 Å². The summed E-state index contributed by atoms with van der Waals surface area (Å²) in [4.78, 5) is 75.1. The van der Waals surface area contributed by atoms with Gasteiger partial charge in [-0.3, -0.25) is 24.0 Å². The van der Waals surface area contributed by atoms with Crippen LogP contribution in [0, 0.1) is 13.8 Å². The van der Waals surface area contributed by atoms with E-state index >= 15 is 0 Å². The summed E-state index contributed by atoms with van der Waals surface area (Å²) in [5, 5.41) is 2.65. The largest absolute Gasteiger partial charge is 0.465 e. The van der Waals surface area contributed by atoms with E-state index in [-0.39, 0.29) is 12.2 Å². The first-order valence-electron chi connectivity index (χ1n) is 15.4. The van der Waals surface area contributed by atoms with E-state index in [1.54, 1.807) is 44.2 Å². The monoisotopic (exact) mass is 686 g/mol. The number of carbonyl (C=O) groups is 6. The fourth-order valence-corrected chi connectivity index (χ4v) is 5.46. The molecule has 2 aromatic rings. The van der Waals surface area contributed by atoms with Crippen LogP contribution in [-0.4, -0.2) is 85.7 Å². The topological polar surface area (TPSA) is 205 Å². The van der Waals surface area contributed by atoms with Crippen LogP contribution in [0.4, 0.5) is 0 Å². The van der Waals surface area contributed by atoms with E-state index in [2.05, 4.69) is 5.32 Å². The minimum atomic E-state index is -2.23.